The number of fused-ring (bicyclic) bond motifs is 1. The molecule has 0 fully saturated rings. The summed E-state index contributed by atoms with van der Waals surface area (Å²) in [5.41, 5.74) is -0.670. The van der Waals surface area contributed by atoms with Crippen LogP contribution >= 0.6 is 23.2 Å². The molecule has 3 rings (SSSR count). The monoisotopic (exact) mass is 404 g/mol. The minimum absolute atomic E-state index is 0.0630. The Bertz CT molecular complexity index is 905. The second-order valence-electron chi connectivity index (χ2n) is 5.34. The predicted molar refractivity (Wildman–Crippen MR) is 88.0 cm³/mol. The summed E-state index contributed by atoms with van der Waals surface area (Å²) < 4.78 is 49.7. The Balaban J connectivity index is 1.98. The van der Waals surface area contributed by atoms with Crippen LogP contribution in [0.15, 0.2) is 47.7 Å². The van der Waals surface area contributed by atoms with Crippen LogP contribution in [0.2, 0.25) is 10.0 Å². The van der Waals surface area contributed by atoms with Gasteiger partial charge >= 0.3 is 12.1 Å². The van der Waals surface area contributed by atoms with Crippen LogP contribution in [0.25, 0.3) is 0 Å². The van der Waals surface area contributed by atoms with Gasteiger partial charge < -0.3 is 14.6 Å². The highest BCUT2D eigenvalue weighted by atomic mass is 35.5. The minimum atomic E-state index is -4.94. The number of halogens is 5. The summed E-state index contributed by atoms with van der Waals surface area (Å²) in [6, 6.07) is 8.77. The highest BCUT2D eigenvalue weighted by molar-refractivity contribution is 6.32. The highest BCUT2D eigenvalue weighted by Crippen LogP contribution is 2.43. The Morgan fingerprint density at radius 2 is 1.81 bits per heavy atom. The van der Waals surface area contributed by atoms with Gasteiger partial charge in [-0.15, -0.1) is 0 Å². The highest BCUT2D eigenvalue weighted by Gasteiger charge is 2.43. The predicted octanol–water partition coefficient (Wildman–Crippen LogP) is 5.62. The molecule has 0 unspecified atom stereocenters. The van der Waals surface area contributed by atoms with E-state index in [1.807, 2.05) is 0 Å². The first-order valence-corrected chi connectivity index (χ1v) is 7.88. The van der Waals surface area contributed by atoms with E-state index in [1.54, 1.807) is 24.3 Å². The van der Waals surface area contributed by atoms with Gasteiger partial charge in [0.2, 0.25) is 5.76 Å². The molecule has 4 nitrogen and oxygen atoms in total. The largest absolute Gasteiger partial charge is 0.478 e. The third-order valence-electron chi connectivity index (χ3n) is 3.53. The van der Waals surface area contributed by atoms with Gasteiger partial charge in [-0.2, -0.15) is 13.2 Å². The van der Waals surface area contributed by atoms with Crippen LogP contribution in [-0.2, 0) is 11.2 Å². The summed E-state index contributed by atoms with van der Waals surface area (Å²) in [6.45, 7) is 0. The summed E-state index contributed by atoms with van der Waals surface area (Å²) in [5, 5.41) is 9.62. The van der Waals surface area contributed by atoms with Crippen LogP contribution < -0.4 is 9.47 Å². The zero-order valence-electron chi connectivity index (χ0n) is 12.7. The summed E-state index contributed by atoms with van der Waals surface area (Å²) in [4.78, 5) is 11.1. The molecule has 0 amide bonds. The Morgan fingerprint density at radius 3 is 2.38 bits per heavy atom. The molecule has 0 atom stereocenters. The Morgan fingerprint density at radius 1 is 1.15 bits per heavy atom. The van der Waals surface area contributed by atoms with Crippen LogP contribution in [0.3, 0.4) is 0 Å². The van der Waals surface area contributed by atoms with E-state index in [0.717, 1.165) is 0 Å². The van der Waals surface area contributed by atoms with E-state index >= 15 is 0 Å². The summed E-state index contributed by atoms with van der Waals surface area (Å²) in [6.07, 6.45) is -5.41. The van der Waals surface area contributed by atoms with Crippen molar-refractivity contribution in [3.8, 4) is 17.2 Å². The molecule has 1 aliphatic rings. The molecule has 0 saturated carbocycles. The Labute approximate surface area is 155 Å². The molecule has 26 heavy (non-hydrogen) atoms. The third kappa shape index (κ3) is 3.73. The van der Waals surface area contributed by atoms with E-state index in [9.17, 15) is 18.0 Å². The normalized spacial score (nSPS) is 13.9. The maximum absolute atomic E-state index is 13.1. The summed E-state index contributed by atoms with van der Waals surface area (Å²) in [7, 11) is 0. The number of carboxylic acid groups (broad SMARTS) is 1. The molecule has 2 aromatic carbocycles. The third-order valence-corrected chi connectivity index (χ3v) is 4.07. The quantitative estimate of drug-likeness (QED) is 0.720. The van der Waals surface area contributed by atoms with Gasteiger partial charge in [0, 0.05) is 23.1 Å². The fourth-order valence-corrected chi connectivity index (χ4v) is 2.71. The van der Waals surface area contributed by atoms with Gasteiger partial charge in [0.1, 0.15) is 17.2 Å². The van der Waals surface area contributed by atoms with E-state index in [1.165, 1.54) is 12.1 Å². The molecular formula is C17H9Cl2F3O4. The lowest BCUT2D eigenvalue weighted by Gasteiger charge is -2.24. The van der Waals surface area contributed by atoms with Crippen LogP contribution in [-0.4, -0.2) is 17.3 Å². The number of hydrogen-bond donors (Lipinski definition) is 1. The Kier molecular flexibility index (Phi) is 4.77. The molecule has 0 bridgehead atoms. The van der Waals surface area contributed by atoms with Crippen molar-refractivity contribution in [2.75, 3.05) is 0 Å². The smallest absolute Gasteiger partial charge is 0.450 e. The van der Waals surface area contributed by atoms with Gasteiger partial charge in [-0.25, -0.2) is 4.79 Å². The lowest BCUT2D eigenvalue weighted by Crippen LogP contribution is -2.26. The van der Waals surface area contributed by atoms with Crippen LogP contribution in [0.1, 0.15) is 5.56 Å². The van der Waals surface area contributed by atoms with Gasteiger partial charge in [-0.05, 0) is 30.3 Å². The molecule has 0 saturated heterocycles. The van der Waals surface area contributed by atoms with E-state index in [0.29, 0.717) is 10.8 Å². The maximum Gasteiger partial charge on any atom is 0.450 e. The molecule has 0 aliphatic carbocycles. The van der Waals surface area contributed by atoms with Gasteiger partial charge in [0.05, 0.1) is 10.6 Å². The zero-order valence-corrected chi connectivity index (χ0v) is 14.2. The van der Waals surface area contributed by atoms with Crippen molar-refractivity contribution in [1.29, 1.82) is 0 Å². The molecule has 0 aromatic heterocycles. The standard InChI is InChI=1S/C17H9Cl2F3O4/c18-9-1-3-10(4-2-9)25-14-7-13-8(6-12(14)19)5-11(16(23)24)15(26-13)17(20,21)22/h1-4,6-7H,5H2,(H,23,24). The minimum Gasteiger partial charge on any atom is -0.478 e. The SMILES string of the molecule is O=C(O)C1=C(C(F)(F)F)Oc2cc(Oc3ccc(Cl)cc3)c(Cl)cc2C1. The number of carboxylic acids is 1. The molecule has 136 valence electrons. The second kappa shape index (κ2) is 6.74. The van der Waals surface area contributed by atoms with E-state index in [4.69, 9.17) is 37.8 Å². The number of rotatable bonds is 3. The van der Waals surface area contributed by atoms with Crippen molar-refractivity contribution in [2.45, 2.75) is 12.6 Å². The van der Waals surface area contributed by atoms with Gasteiger partial charge in [-0.3, -0.25) is 0 Å². The number of allylic oxidation sites excluding steroid dienone is 1. The van der Waals surface area contributed by atoms with Crippen molar-refractivity contribution in [2.24, 2.45) is 0 Å². The van der Waals surface area contributed by atoms with Crippen molar-refractivity contribution in [3.05, 3.63) is 63.3 Å². The molecular weight excluding hydrogens is 396 g/mol. The van der Waals surface area contributed by atoms with E-state index < -0.39 is 29.9 Å². The number of ether oxygens (including phenoxy) is 2. The van der Waals surface area contributed by atoms with Crippen molar-refractivity contribution in [1.82, 2.24) is 0 Å². The zero-order chi connectivity index (χ0) is 19.1. The first-order chi connectivity index (χ1) is 12.1. The van der Waals surface area contributed by atoms with Crippen LogP contribution in [0, 0.1) is 0 Å². The van der Waals surface area contributed by atoms with Gasteiger partial charge in [0.25, 0.3) is 0 Å². The molecule has 0 radical (unpaired) electrons. The molecule has 1 N–H and O–H groups in total. The fourth-order valence-electron chi connectivity index (χ4n) is 2.36. The molecule has 1 aliphatic heterocycles. The second-order valence-corrected chi connectivity index (χ2v) is 6.18. The topological polar surface area (TPSA) is 55.8 Å². The lowest BCUT2D eigenvalue weighted by molar-refractivity contribution is -0.137. The summed E-state index contributed by atoms with van der Waals surface area (Å²) in [5.74, 6) is -3.01. The average molecular weight is 405 g/mol. The molecule has 2 aromatic rings. The van der Waals surface area contributed by atoms with Crippen molar-refractivity contribution >= 4 is 29.2 Å². The van der Waals surface area contributed by atoms with E-state index in [2.05, 4.69) is 0 Å². The van der Waals surface area contributed by atoms with Gasteiger partial charge in [0.15, 0.2) is 0 Å². The first-order valence-electron chi connectivity index (χ1n) is 7.12. The summed E-state index contributed by atoms with van der Waals surface area (Å²) >= 11 is 11.9. The number of hydrogen-bond acceptors (Lipinski definition) is 3. The maximum atomic E-state index is 13.1. The van der Waals surface area contributed by atoms with Crippen LogP contribution in [0.4, 0.5) is 13.2 Å². The number of alkyl halides is 3. The van der Waals surface area contributed by atoms with Crippen LogP contribution in [0.5, 0.6) is 17.2 Å². The number of benzene rings is 2. The molecule has 0 spiro atoms. The Hall–Kier alpha value is -2.38. The lowest BCUT2D eigenvalue weighted by atomic mass is 10.00. The van der Waals surface area contributed by atoms with E-state index in [-0.39, 0.29) is 22.1 Å². The van der Waals surface area contributed by atoms with Crippen molar-refractivity contribution < 1.29 is 32.5 Å². The molecule has 1 heterocycles. The molecule has 9 heteroatoms. The number of aliphatic carboxylic acids is 1. The number of carbonyl (C=O) groups is 1. The first kappa shape index (κ1) is 18.4. The fraction of sp³-hybridized carbons (Fsp3) is 0.118. The van der Waals surface area contributed by atoms with Crippen molar-refractivity contribution in [3.63, 3.8) is 0 Å². The average Bonchev–Trinajstić information content (AvgIpc) is 2.55. The van der Waals surface area contributed by atoms with Gasteiger partial charge in [-0.1, -0.05) is 23.2 Å².